The maximum atomic E-state index is 6.03. The fourth-order valence-corrected chi connectivity index (χ4v) is 3.25. The molecule has 1 aliphatic heterocycles. The SMILES string of the molecule is CC.COCCN1CCC(COc2cc(C)c3c(N)n[nH]c3c2)CC1. The van der Waals surface area contributed by atoms with Gasteiger partial charge < -0.3 is 20.1 Å². The first-order chi connectivity index (χ1) is 12.2. The van der Waals surface area contributed by atoms with Crippen molar-refractivity contribution in [3.05, 3.63) is 17.7 Å². The third-order valence-electron chi connectivity index (χ3n) is 4.67. The molecular formula is C19H32N4O2. The summed E-state index contributed by atoms with van der Waals surface area (Å²) in [4.78, 5) is 2.46. The number of benzene rings is 1. The van der Waals surface area contributed by atoms with E-state index in [4.69, 9.17) is 15.2 Å². The Labute approximate surface area is 150 Å². The van der Waals surface area contributed by atoms with E-state index in [2.05, 4.69) is 15.1 Å². The number of piperidine rings is 1. The average Bonchev–Trinajstić information content (AvgIpc) is 3.02. The fourth-order valence-electron chi connectivity index (χ4n) is 3.25. The van der Waals surface area contributed by atoms with Crippen LogP contribution < -0.4 is 10.5 Å². The smallest absolute Gasteiger partial charge is 0.153 e. The van der Waals surface area contributed by atoms with Gasteiger partial charge in [-0.1, -0.05) is 13.8 Å². The molecule has 0 bridgehead atoms. The second kappa shape index (κ2) is 9.63. The summed E-state index contributed by atoms with van der Waals surface area (Å²) >= 11 is 0. The number of ether oxygens (including phenoxy) is 2. The van der Waals surface area contributed by atoms with Crippen LogP contribution >= 0.6 is 0 Å². The molecular weight excluding hydrogens is 316 g/mol. The van der Waals surface area contributed by atoms with Crippen LogP contribution in [0.1, 0.15) is 32.3 Å². The molecule has 2 heterocycles. The molecule has 0 aliphatic carbocycles. The highest BCUT2D eigenvalue weighted by Crippen LogP contribution is 2.28. The summed E-state index contributed by atoms with van der Waals surface area (Å²) in [6.07, 6.45) is 2.36. The van der Waals surface area contributed by atoms with Gasteiger partial charge in [-0.3, -0.25) is 5.10 Å². The van der Waals surface area contributed by atoms with Gasteiger partial charge in [0.05, 0.1) is 18.7 Å². The van der Waals surface area contributed by atoms with Crippen molar-refractivity contribution >= 4 is 16.7 Å². The number of anilines is 1. The summed E-state index contributed by atoms with van der Waals surface area (Å²) in [6.45, 7) is 10.9. The molecule has 6 nitrogen and oxygen atoms in total. The molecule has 1 aliphatic rings. The van der Waals surface area contributed by atoms with Crippen molar-refractivity contribution in [1.82, 2.24) is 15.1 Å². The molecule has 0 radical (unpaired) electrons. The number of nitrogens with two attached hydrogens (primary N) is 1. The number of nitrogens with one attached hydrogen (secondary N) is 1. The number of nitrogen functional groups attached to an aromatic ring is 1. The molecule has 140 valence electrons. The van der Waals surface area contributed by atoms with Gasteiger partial charge in [0.15, 0.2) is 5.82 Å². The number of aryl methyl sites for hydroxylation is 1. The molecule has 6 heteroatoms. The zero-order valence-electron chi connectivity index (χ0n) is 16.0. The maximum Gasteiger partial charge on any atom is 0.153 e. The number of hydrogen-bond donors (Lipinski definition) is 2. The van der Waals surface area contributed by atoms with E-state index >= 15 is 0 Å². The lowest BCUT2D eigenvalue weighted by atomic mass is 9.98. The molecule has 0 atom stereocenters. The van der Waals surface area contributed by atoms with Crippen molar-refractivity contribution in [3.8, 4) is 5.75 Å². The quantitative estimate of drug-likeness (QED) is 0.838. The largest absolute Gasteiger partial charge is 0.493 e. The Bertz CT molecular complexity index is 648. The molecule has 0 unspecified atom stereocenters. The summed E-state index contributed by atoms with van der Waals surface area (Å²) in [6, 6.07) is 4.03. The highest BCUT2D eigenvalue weighted by atomic mass is 16.5. The molecule has 0 spiro atoms. The Balaban J connectivity index is 0.00000109. The minimum atomic E-state index is 0.549. The van der Waals surface area contributed by atoms with E-state index in [1.165, 1.54) is 12.8 Å². The number of nitrogens with zero attached hydrogens (tertiary/aromatic N) is 2. The van der Waals surface area contributed by atoms with Crippen LogP contribution in [0.15, 0.2) is 12.1 Å². The number of fused-ring (bicyclic) bond motifs is 1. The number of methoxy groups -OCH3 is 1. The minimum absolute atomic E-state index is 0.549. The summed E-state index contributed by atoms with van der Waals surface area (Å²) in [5, 5.41) is 8.01. The van der Waals surface area contributed by atoms with Crippen molar-refractivity contribution in [3.63, 3.8) is 0 Å². The number of rotatable bonds is 6. The first-order valence-corrected chi connectivity index (χ1v) is 9.25. The third kappa shape index (κ3) is 5.09. The Kier molecular flexibility index (Phi) is 7.52. The van der Waals surface area contributed by atoms with Gasteiger partial charge >= 0.3 is 0 Å². The molecule has 1 saturated heterocycles. The van der Waals surface area contributed by atoms with Crippen molar-refractivity contribution in [2.45, 2.75) is 33.6 Å². The summed E-state index contributed by atoms with van der Waals surface area (Å²) in [7, 11) is 1.76. The Morgan fingerprint density at radius 3 is 2.68 bits per heavy atom. The van der Waals surface area contributed by atoms with Gasteiger partial charge in [-0.05, 0) is 50.4 Å². The van der Waals surface area contributed by atoms with E-state index in [0.717, 1.165) is 55.1 Å². The van der Waals surface area contributed by atoms with Crippen LogP contribution in [0.4, 0.5) is 5.82 Å². The Hall–Kier alpha value is -1.79. The number of hydrogen-bond acceptors (Lipinski definition) is 5. The lowest BCUT2D eigenvalue weighted by molar-refractivity contribution is 0.105. The minimum Gasteiger partial charge on any atom is -0.493 e. The normalized spacial score (nSPS) is 15.8. The van der Waals surface area contributed by atoms with E-state index < -0.39 is 0 Å². The predicted octanol–water partition coefficient (Wildman–Crippen LogP) is 3.22. The first-order valence-electron chi connectivity index (χ1n) is 9.25. The lowest BCUT2D eigenvalue weighted by Crippen LogP contribution is -2.37. The van der Waals surface area contributed by atoms with Crippen LogP contribution in [-0.2, 0) is 4.74 Å². The van der Waals surface area contributed by atoms with Crippen molar-refractivity contribution in [1.29, 1.82) is 0 Å². The summed E-state index contributed by atoms with van der Waals surface area (Å²) < 4.78 is 11.2. The summed E-state index contributed by atoms with van der Waals surface area (Å²) in [5.41, 5.74) is 7.90. The van der Waals surface area contributed by atoms with Gasteiger partial charge in [0, 0.05) is 25.1 Å². The van der Waals surface area contributed by atoms with Gasteiger partial charge in [0.25, 0.3) is 0 Å². The van der Waals surface area contributed by atoms with Gasteiger partial charge in [-0.15, -0.1) is 0 Å². The van der Waals surface area contributed by atoms with Crippen LogP contribution in [0.25, 0.3) is 10.9 Å². The van der Waals surface area contributed by atoms with Crippen LogP contribution in [0.5, 0.6) is 5.75 Å². The second-order valence-electron chi connectivity index (χ2n) is 6.36. The molecule has 3 N–H and O–H groups in total. The highest BCUT2D eigenvalue weighted by molar-refractivity contribution is 5.92. The molecule has 1 aromatic heterocycles. The molecule has 3 rings (SSSR count). The van der Waals surface area contributed by atoms with Crippen LogP contribution in [0.2, 0.25) is 0 Å². The van der Waals surface area contributed by atoms with E-state index in [9.17, 15) is 0 Å². The van der Waals surface area contributed by atoms with Crippen LogP contribution in [0, 0.1) is 12.8 Å². The topological polar surface area (TPSA) is 76.4 Å². The number of H-pyrrole nitrogens is 1. The van der Waals surface area contributed by atoms with E-state index in [-0.39, 0.29) is 0 Å². The Morgan fingerprint density at radius 1 is 1.28 bits per heavy atom. The molecule has 0 amide bonds. The van der Waals surface area contributed by atoms with Crippen LogP contribution in [0.3, 0.4) is 0 Å². The first kappa shape index (κ1) is 19.5. The lowest BCUT2D eigenvalue weighted by Gasteiger charge is -2.31. The summed E-state index contributed by atoms with van der Waals surface area (Å²) in [5.74, 6) is 2.06. The average molecular weight is 348 g/mol. The van der Waals surface area contributed by atoms with Gasteiger partial charge in [-0.25, -0.2) is 0 Å². The van der Waals surface area contributed by atoms with Crippen molar-refractivity contribution in [2.24, 2.45) is 5.92 Å². The zero-order valence-corrected chi connectivity index (χ0v) is 16.0. The van der Waals surface area contributed by atoms with Gasteiger partial charge in [-0.2, -0.15) is 5.10 Å². The molecule has 1 aromatic carbocycles. The molecule has 0 saturated carbocycles. The number of aromatic amines is 1. The fraction of sp³-hybridized carbons (Fsp3) is 0.632. The van der Waals surface area contributed by atoms with Crippen molar-refractivity contribution < 1.29 is 9.47 Å². The molecule has 1 fully saturated rings. The maximum absolute atomic E-state index is 6.03. The number of likely N-dealkylation sites (tertiary alicyclic amines) is 1. The predicted molar refractivity (Wildman–Crippen MR) is 103 cm³/mol. The van der Waals surface area contributed by atoms with Crippen molar-refractivity contribution in [2.75, 3.05) is 45.7 Å². The van der Waals surface area contributed by atoms with Gasteiger partial charge in [0.2, 0.25) is 0 Å². The third-order valence-corrected chi connectivity index (χ3v) is 4.67. The second-order valence-corrected chi connectivity index (χ2v) is 6.36. The molecule has 25 heavy (non-hydrogen) atoms. The monoisotopic (exact) mass is 348 g/mol. The molecule has 2 aromatic rings. The highest BCUT2D eigenvalue weighted by Gasteiger charge is 2.19. The standard InChI is InChI=1S/C17H26N4O2.C2H6/c1-12-9-14(10-15-16(12)17(18)20-19-15)23-11-13-3-5-21(6-4-13)7-8-22-2;1-2/h9-10,13H,3-8,11H2,1-2H3,(H3,18,19,20);1-2H3. The van der Waals surface area contributed by atoms with Gasteiger partial charge in [0.1, 0.15) is 5.75 Å². The number of aromatic nitrogens is 2. The van der Waals surface area contributed by atoms with Crippen LogP contribution in [-0.4, -0.2) is 55.1 Å². The Morgan fingerprint density at radius 2 is 2.00 bits per heavy atom. The zero-order chi connectivity index (χ0) is 18.2. The van der Waals surface area contributed by atoms with E-state index in [0.29, 0.717) is 11.7 Å². The van der Waals surface area contributed by atoms with E-state index in [1.807, 2.05) is 32.9 Å². The van der Waals surface area contributed by atoms with E-state index in [1.54, 1.807) is 7.11 Å².